The van der Waals surface area contributed by atoms with Crippen molar-refractivity contribution in [2.45, 2.75) is 45.3 Å². The smallest absolute Gasteiger partial charge is 0.406 e. The monoisotopic (exact) mass is 289 g/mol. The summed E-state index contributed by atoms with van der Waals surface area (Å²) in [5.41, 5.74) is 0.705. The van der Waals surface area contributed by atoms with E-state index in [4.69, 9.17) is 0 Å². The van der Waals surface area contributed by atoms with Gasteiger partial charge in [-0.05, 0) is 24.1 Å². The van der Waals surface area contributed by atoms with Gasteiger partial charge < -0.3 is 15.2 Å². The molecule has 1 aliphatic carbocycles. The van der Waals surface area contributed by atoms with Crippen LogP contribution < -0.4 is 10.1 Å². The maximum atomic E-state index is 12.0. The molecule has 2 unspecified atom stereocenters. The Bertz CT molecular complexity index is 456. The molecule has 6 heteroatoms. The van der Waals surface area contributed by atoms with Gasteiger partial charge in [0, 0.05) is 18.0 Å². The number of benzene rings is 1. The third-order valence-electron chi connectivity index (χ3n) is 3.93. The first-order chi connectivity index (χ1) is 9.18. The number of halogens is 3. The lowest BCUT2D eigenvalue weighted by Crippen LogP contribution is -2.59. The van der Waals surface area contributed by atoms with Gasteiger partial charge in [-0.25, -0.2) is 0 Å². The van der Waals surface area contributed by atoms with Gasteiger partial charge in [0.25, 0.3) is 0 Å². The summed E-state index contributed by atoms with van der Waals surface area (Å²) in [6.45, 7) is 4.52. The molecule has 0 aromatic heterocycles. The van der Waals surface area contributed by atoms with Gasteiger partial charge in [0.2, 0.25) is 0 Å². The molecule has 2 N–H and O–H groups in total. The Hall–Kier alpha value is -1.27. The summed E-state index contributed by atoms with van der Waals surface area (Å²) in [5.74, 6) is -0.222. The van der Waals surface area contributed by atoms with Crippen molar-refractivity contribution in [3.8, 4) is 5.75 Å². The number of ether oxygens (including phenoxy) is 1. The van der Waals surface area contributed by atoms with E-state index in [9.17, 15) is 18.3 Å². The Morgan fingerprint density at radius 3 is 2.35 bits per heavy atom. The molecule has 112 valence electrons. The molecule has 3 nitrogen and oxygen atoms in total. The molecule has 0 radical (unpaired) electrons. The molecule has 0 amide bonds. The lowest BCUT2D eigenvalue weighted by Gasteiger charge is -2.49. The predicted octanol–water partition coefficient (Wildman–Crippen LogP) is 2.83. The Balaban J connectivity index is 1.86. The van der Waals surface area contributed by atoms with E-state index in [2.05, 4.69) is 10.1 Å². The normalized spacial score (nSPS) is 25.1. The van der Waals surface area contributed by atoms with E-state index in [1.54, 1.807) is 12.1 Å². The molecule has 0 spiro atoms. The molecule has 0 aliphatic heterocycles. The van der Waals surface area contributed by atoms with Gasteiger partial charge in [-0.2, -0.15) is 0 Å². The Morgan fingerprint density at radius 1 is 1.30 bits per heavy atom. The molecular weight excluding hydrogens is 271 g/mol. The minimum atomic E-state index is -4.66. The first kappa shape index (κ1) is 15.1. The van der Waals surface area contributed by atoms with E-state index >= 15 is 0 Å². The lowest BCUT2D eigenvalue weighted by molar-refractivity contribution is -0.274. The standard InChI is InChI=1S/C14H18F3NO2/c1-13(2)11(7-12(13)19)18-8-9-3-5-10(6-4-9)20-14(15,16)17/h3-6,11-12,18-19H,7-8H2,1-2H3. The summed E-state index contributed by atoms with van der Waals surface area (Å²) in [6.07, 6.45) is -4.27. The zero-order chi connectivity index (χ0) is 15.0. The summed E-state index contributed by atoms with van der Waals surface area (Å²) < 4.78 is 39.8. The van der Waals surface area contributed by atoms with Crippen LogP contribution >= 0.6 is 0 Å². The summed E-state index contributed by atoms with van der Waals surface area (Å²) in [7, 11) is 0. The highest BCUT2D eigenvalue weighted by Crippen LogP contribution is 2.40. The first-order valence-corrected chi connectivity index (χ1v) is 6.44. The van der Waals surface area contributed by atoms with Crippen LogP contribution in [0, 0.1) is 5.41 Å². The van der Waals surface area contributed by atoms with E-state index in [-0.39, 0.29) is 23.3 Å². The zero-order valence-corrected chi connectivity index (χ0v) is 11.4. The quantitative estimate of drug-likeness (QED) is 0.895. The number of rotatable bonds is 4. The van der Waals surface area contributed by atoms with Gasteiger partial charge in [0.15, 0.2) is 0 Å². The van der Waals surface area contributed by atoms with Crippen LogP contribution in [0.2, 0.25) is 0 Å². The summed E-state index contributed by atoms with van der Waals surface area (Å²) in [4.78, 5) is 0. The molecule has 0 bridgehead atoms. The maximum Gasteiger partial charge on any atom is 0.573 e. The largest absolute Gasteiger partial charge is 0.573 e. The van der Waals surface area contributed by atoms with Crippen molar-refractivity contribution in [1.82, 2.24) is 5.32 Å². The van der Waals surface area contributed by atoms with Crippen molar-refractivity contribution in [2.24, 2.45) is 5.41 Å². The molecule has 1 aliphatic rings. The van der Waals surface area contributed by atoms with E-state index in [0.717, 1.165) is 5.56 Å². The van der Waals surface area contributed by atoms with Crippen LogP contribution in [0.1, 0.15) is 25.8 Å². The van der Waals surface area contributed by atoms with Gasteiger partial charge in [0.1, 0.15) is 5.75 Å². The SMILES string of the molecule is CC1(C)C(O)CC1NCc1ccc(OC(F)(F)F)cc1. The minimum Gasteiger partial charge on any atom is -0.406 e. The number of aliphatic hydroxyl groups excluding tert-OH is 1. The van der Waals surface area contributed by atoms with Gasteiger partial charge >= 0.3 is 6.36 Å². The predicted molar refractivity (Wildman–Crippen MR) is 68.2 cm³/mol. The van der Waals surface area contributed by atoms with Crippen molar-refractivity contribution in [3.63, 3.8) is 0 Å². The molecule has 1 aromatic rings. The van der Waals surface area contributed by atoms with Crippen LogP contribution in [0.4, 0.5) is 13.2 Å². The molecular formula is C14H18F3NO2. The van der Waals surface area contributed by atoms with E-state index in [1.165, 1.54) is 12.1 Å². The Labute approximate surface area is 115 Å². The van der Waals surface area contributed by atoms with Crippen molar-refractivity contribution < 1.29 is 23.0 Å². The lowest BCUT2D eigenvalue weighted by atomic mass is 9.64. The average molecular weight is 289 g/mol. The average Bonchev–Trinajstić information content (AvgIpc) is 2.34. The number of nitrogens with one attached hydrogen (secondary N) is 1. The summed E-state index contributed by atoms with van der Waals surface area (Å²) in [5, 5.41) is 12.9. The molecule has 1 saturated carbocycles. The molecule has 2 rings (SSSR count). The van der Waals surface area contributed by atoms with Crippen molar-refractivity contribution >= 4 is 0 Å². The highest BCUT2D eigenvalue weighted by atomic mass is 19.4. The molecule has 2 atom stereocenters. The number of alkyl halides is 3. The Kier molecular flexibility index (Phi) is 3.97. The van der Waals surface area contributed by atoms with Gasteiger partial charge in [-0.1, -0.05) is 26.0 Å². The van der Waals surface area contributed by atoms with Crippen LogP contribution in [0.3, 0.4) is 0 Å². The van der Waals surface area contributed by atoms with Crippen molar-refractivity contribution in [3.05, 3.63) is 29.8 Å². The fraction of sp³-hybridized carbons (Fsp3) is 0.571. The van der Waals surface area contributed by atoms with Crippen LogP contribution in [0.15, 0.2) is 24.3 Å². The maximum absolute atomic E-state index is 12.0. The van der Waals surface area contributed by atoms with Crippen molar-refractivity contribution in [2.75, 3.05) is 0 Å². The zero-order valence-electron chi connectivity index (χ0n) is 11.4. The van der Waals surface area contributed by atoms with Gasteiger partial charge in [0.05, 0.1) is 6.10 Å². The highest BCUT2D eigenvalue weighted by Gasteiger charge is 2.46. The second kappa shape index (κ2) is 5.26. The summed E-state index contributed by atoms with van der Waals surface area (Å²) >= 11 is 0. The molecule has 0 saturated heterocycles. The summed E-state index contributed by atoms with van der Waals surface area (Å²) in [6, 6.07) is 5.99. The van der Waals surface area contributed by atoms with E-state index in [1.807, 2.05) is 13.8 Å². The molecule has 1 aromatic carbocycles. The number of hydrogen-bond acceptors (Lipinski definition) is 3. The van der Waals surface area contributed by atoms with Crippen LogP contribution in [0.5, 0.6) is 5.75 Å². The topological polar surface area (TPSA) is 41.5 Å². The second-order valence-corrected chi connectivity index (χ2v) is 5.70. The number of hydrogen-bond donors (Lipinski definition) is 2. The van der Waals surface area contributed by atoms with E-state index in [0.29, 0.717) is 13.0 Å². The highest BCUT2D eigenvalue weighted by molar-refractivity contribution is 5.27. The van der Waals surface area contributed by atoms with Crippen LogP contribution in [-0.2, 0) is 6.54 Å². The fourth-order valence-corrected chi connectivity index (χ4v) is 2.30. The van der Waals surface area contributed by atoms with Crippen LogP contribution in [-0.4, -0.2) is 23.6 Å². The minimum absolute atomic E-state index is 0.167. The second-order valence-electron chi connectivity index (χ2n) is 5.70. The fourth-order valence-electron chi connectivity index (χ4n) is 2.30. The van der Waals surface area contributed by atoms with Crippen LogP contribution in [0.25, 0.3) is 0 Å². The van der Waals surface area contributed by atoms with Crippen molar-refractivity contribution in [1.29, 1.82) is 0 Å². The van der Waals surface area contributed by atoms with E-state index < -0.39 is 6.36 Å². The molecule has 1 fully saturated rings. The van der Waals surface area contributed by atoms with Gasteiger partial charge in [-0.3, -0.25) is 0 Å². The third kappa shape index (κ3) is 3.43. The van der Waals surface area contributed by atoms with Gasteiger partial charge in [-0.15, -0.1) is 13.2 Å². The Morgan fingerprint density at radius 2 is 1.90 bits per heavy atom. The molecule has 0 heterocycles. The first-order valence-electron chi connectivity index (χ1n) is 6.44. The molecule has 20 heavy (non-hydrogen) atoms. The number of aliphatic hydroxyl groups is 1. The third-order valence-corrected chi connectivity index (χ3v) is 3.93.